The number of unbranched alkanes of at least 4 members (excludes halogenated alkanes) is 2. The second-order valence-electron chi connectivity index (χ2n) is 7.87. The minimum Gasteiger partial charge on any atom is -0.507 e. The number of carboxylic acids is 1. The van der Waals surface area contributed by atoms with Gasteiger partial charge in [0.2, 0.25) is 0 Å². The van der Waals surface area contributed by atoms with Gasteiger partial charge in [-0.3, -0.25) is 0 Å². The van der Waals surface area contributed by atoms with Crippen molar-refractivity contribution in [3.63, 3.8) is 0 Å². The third kappa shape index (κ3) is 4.80. The first-order chi connectivity index (χ1) is 12.3. The summed E-state index contributed by atoms with van der Waals surface area (Å²) >= 11 is 0. The monoisotopic (exact) mass is 360 g/mol. The van der Waals surface area contributed by atoms with Crippen LogP contribution < -0.4 is 4.74 Å². The Labute approximate surface area is 156 Å². The van der Waals surface area contributed by atoms with Crippen molar-refractivity contribution >= 4 is 5.97 Å². The van der Waals surface area contributed by atoms with Crippen LogP contribution in [0.3, 0.4) is 0 Å². The number of allylic oxidation sites excluding steroid dienone is 2. The Kier molecular flexibility index (Phi) is 6.74. The van der Waals surface area contributed by atoms with E-state index in [9.17, 15) is 15.0 Å². The van der Waals surface area contributed by atoms with Crippen LogP contribution in [0.15, 0.2) is 17.7 Å². The number of ether oxygens (including phenoxy) is 1. The van der Waals surface area contributed by atoms with Gasteiger partial charge < -0.3 is 14.9 Å². The lowest BCUT2D eigenvalue weighted by Gasteiger charge is -2.36. The van der Waals surface area contributed by atoms with Crippen molar-refractivity contribution in [2.24, 2.45) is 0 Å². The van der Waals surface area contributed by atoms with Crippen molar-refractivity contribution in [2.75, 3.05) is 0 Å². The molecule has 1 aliphatic rings. The number of carbonyl (C=O) groups is 1. The van der Waals surface area contributed by atoms with Gasteiger partial charge >= 0.3 is 5.97 Å². The normalized spacial score (nSPS) is 18.8. The highest BCUT2D eigenvalue weighted by molar-refractivity contribution is 5.93. The molecule has 0 aliphatic carbocycles. The zero-order chi connectivity index (χ0) is 19.3. The Hall–Kier alpha value is -1.97. The molecule has 0 spiro atoms. The molecule has 1 heterocycles. The third-order valence-electron chi connectivity index (χ3n) is 5.20. The topological polar surface area (TPSA) is 66.8 Å². The summed E-state index contributed by atoms with van der Waals surface area (Å²) in [4.78, 5) is 11.7. The number of aryl methyl sites for hydroxylation is 1. The van der Waals surface area contributed by atoms with Crippen LogP contribution in [-0.4, -0.2) is 21.8 Å². The number of aromatic hydroxyl groups is 1. The first-order valence-electron chi connectivity index (χ1n) is 9.71. The Balaban J connectivity index is 2.30. The molecule has 0 radical (unpaired) electrons. The van der Waals surface area contributed by atoms with Crippen LogP contribution in [-0.2, 0) is 12.8 Å². The van der Waals surface area contributed by atoms with E-state index in [0.29, 0.717) is 29.7 Å². The van der Waals surface area contributed by atoms with Gasteiger partial charge in [0.1, 0.15) is 22.7 Å². The lowest BCUT2D eigenvalue weighted by Crippen LogP contribution is -2.36. The summed E-state index contributed by atoms with van der Waals surface area (Å²) in [6.07, 6.45) is 9.16. The molecule has 2 N–H and O–H groups in total. The zero-order valence-corrected chi connectivity index (χ0v) is 16.5. The third-order valence-corrected chi connectivity index (χ3v) is 5.20. The molecule has 2 rings (SSSR count). The van der Waals surface area contributed by atoms with Crippen molar-refractivity contribution in [2.45, 2.75) is 84.7 Å². The van der Waals surface area contributed by atoms with E-state index in [1.165, 1.54) is 5.57 Å². The molecule has 144 valence electrons. The van der Waals surface area contributed by atoms with E-state index < -0.39 is 5.97 Å². The van der Waals surface area contributed by atoms with E-state index in [0.717, 1.165) is 38.5 Å². The van der Waals surface area contributed by atoms with Gasteiger partial charge in [0.25, 0.3) is 0 Å². The first kappa shape index (κ1) is 20.3. The maximum atomic E-state index is 11.7. The fraction of sp³-hybridized carbons (Fsp3) is 0.591. The van der Waals surface area contributed by atoms with E-state index >= 15 is 0 Å². The molecule has 0 saturated carbocycles. The van der Waals surface area contributed by atoms with Crippen molar-refractivity contribution in [3.05, 3.63) is 34.4 Å². The number of aromatic carboxylic acids is 1. The van der Waals surface area contributed by atoms with Crippen LogP contribution in [0.1, 0.15) is 87.7 Å². The van der Waals surface area contributed by atoms with E-state index in [2.05, 4.69) is 33.8 Å². The van der Waals surface area contributed by atoms with Gasteiger partial charge in [0.15, 0.2) is 0 Å². The van der Waals surface area contributed by atoms with Gasteiger partial charge in [0.05, 0.1) is 0 Å². The predicted octanol–water partition coefficient (Wildman–Crippen LogP) is 5.65. The highest BCUT2D eigenvalue weighted by Crippen LogP contribution is 2.43. The second kappa shape index (κ2) is 8.61. The molecular weight excluding hydrogens is 328 g/mol. The quantitative estimate of drug-likeness (QED) is 0.464. The Bertz CT molecular complexity index is 686. The van der Waals surface area contributed by atoms with Gasteiger partial charge in [-0.25, -0.2) is 4.79 Å². The van der Waals surface area contributed by atoms with Crippen LogP contribution >= 0.6 is 0 Å². The summed E-state index contributed by atoms with van der Waals surface area (Å²) in [5, 5.41) is 20.2. The number of fused-ring (bicyclic) bond motifs is 1. The summed E-state index contributed by atoms with van der Waals surface area (Å²) in [6, 6.07) is 1.85. The van der Waals surface area contributed by atoms with Crippen LogP contribution in [0.2, 0.25) is 0 Å². The van der Waals surface area contributed by atoms with Crippen LogP contribution in [0, 0.1) is 0 Å². The maximum absolute atomic E-state index is 11.7. The summed E-state index contributed by atoms with van der Waals surface area (Å²) < 4.78 is 6.28. The summed E-state index contributed by atoms with van der Waals surface area (Å²) in [6.45, 7) is 8.40. The second-order valence-corrected chi connectivity index (χ2v) is 7.87. The summed E-state index contributed by atoms with van der Waals surface area (Å²) in [5.41, 5.74) is 2.39. The molecule has 1 unspecified atom stereocenters. The van der Waals surface area contributed by atoms with Gasteiger partial charge in [-0.1, -0.05) is 31.4 Å². The fourth-order valence-corrected chi connectivity index (χ4v) is 3.62. The minimum absolute atomic E-state index is 0.0524. The van der Waals surface area contributed by atoms with Gasteiger partial charge in [0, 0.05) is 5.56 Å². The molecular formula is C22H32O4. The number of rotatable bonds is 8. The smallest absolute Gasteiger partial charge is 0.339 e. The number of carboxylic acid groups (broad SMARTS) is 1. The predicted molar refractivity (Wildman–Crippen MR) is 104 cm³/mol. The number of hydrogen-bond donors (Lipinski definition) is 2. The van der Waals surface area contributed by atoms with Crippen LogP contribution in [0.5, 0.6) is 11.5 Å². The van der Waals surface area contributed by atoms with Crippen LogP contribution in [0.25, 0.3) is 0 Å². The molecule has 1 aliphatic heterocycles. The molecule has 26 heavy (non-hydrogen) atoms. The largest absolute Gasteiger partial charge is 0.507 e. The standard InChI is InChI=1S/C22H32O4/c1-5-6-7-10-16-14-18-17(20(23)19(16)21(24)25)11-13-22(4,26-18)12-8-9-15(2)3/h9,14,23H,5-8,10-13H2,1-4H3,(H,24,25). The van der Waals surface area contributed by atoms with Crippen molar-refractivity contribution in [1.29, 1.82) is 0 Å². The average molecular weight is 360 g/mol. The minimum atomic E-state index is -1.06. The maximum Gasteiger partial charge on any atom is 0.339 e. The molecule has 0 saturated heterocycles. The first-order valence-corrected chi connectivity index (χ1v) is 9.71. The van der Waals surface area contributed by atoms with Crippen molar-refractivity contribution in [1.82, 2.24) is 0 Å². The Morgan fingerprint density at radius 2 is 2.08 bits per heavy atom. The average Bonchev–Trinajstić information content (AvgIpc) is 2.54. The zero-order valence-electron chi connectivity index (χ0n) is 16.5. The highest BCUT2D eigenvalue weighted by Gasteiger charge is 2.34. The fourth-order valence-electron chi connectivity index (χ4n) is 3.62. The Morgan fingerprint density at radius 1 is 1.35 bits per heavy atom. The number of hydrogen-bond acceptors (Lipinski definition) is 3. The molecule has 1 aromatic carbocycles. The lowest BCUT2D eigenvalue weighted by molar-refractivity contribution is 0.0559. The van der Waals surface area contributed by atoms with E-state index in [4.69, 9.17) is 4.74 Å². The molecule has 0 amide bonds. The van der Waals surface area contributed by atoms with Gasteiger partial charge in [-0.2, -0.15) is 0 Å². The van der Waals surface area contributed by atoms with E-state index in [1.54, 1.807) is 0 Å². The summed E-state index contributed by atoms with van der Waals surface area (Å²) in [5.74, 6) is -0.508. The molecule has 0 aromatic heterocycles. The van der Waals surface area contributed by atoms with Gasteiger partial charge in [-0.15, -0.1) is 0 Å². The highest BCUT2D eigenvalue weighted by atomic mass is 16.5. The Morgan fingerprint density at radius 3 is 2.69 bits per heavy atom. The molecule has 0 bridgehead atoms. The van der Waals surface area contributed by atoms with Crippen molar-refractivity contribution in [3.8, 4) is 11.5 Å². The van der Waals surface area contributed by atoms with Gasteiger partial charge in [-0.05, 0) is 70.9 Å². The van der Waals surface area contributed by atoms with E-state index in [-0.39, 0.29) is 16.9 Å². The molecule has 0 fully saturated rings. The van der Waals surface area contributed by atoms with Crippen molar-refractivity contribution < 1.29 is 19.7 Å². The molecule has 1 atom stereocenters. The molecule has 4 heteroatoms. The summed E-state index contributed by atoms with van der Waals surface area (Å²) in [7, 11) is 0. The van der Waals surface area contributed by atoms with E-state index in [1.807, 2.05) is 6.07 Å². The SMILES string of the molecule is CCCCCc1cc2c(c(O)c1C(=O)O)CCC(C)(CCC=C(C)C)O2. The molecule has 4 nitrogen and oxygen atoms in total. The number of phenols is 1. The number of benzene rings is 1. The van der Waals surface area contributed by atoms with Crippen LogP contribution in [0.4, 0.5) is 0 Å². The lowest BCUT2D eigenvalue weighted by atomic mass is 9.86. The molecule has 1 aromatic rings.